The molecule has 3 aromatic rings. The van der Waals surface area contributed by atoms with E-state index in [1.54, 1.807) is 17.5 Å². The van der Waals surface area contributed by atoms with Crippen molar-refractivity contribution in [3.8, 4) is 10.8 Å². The van der Waals surface area contributed by atoms with Crippen LogP contribution in [0.5, 0.6) is 0 Å². The molecule has 0 unspecified atom stereocenters. The van der Waals surface area contributed by atoms with Crippen molar-refractivity contribution in [3.05, 3.63) is 47.2 Å². The van der Waals surface area contributed by atoms with Gasteiger partial charge in [0, 0.05) is 11.6 Å². The average molecular weight is 377 g/mol. The highest BCUT2D eigenvalue weighted by Gasteiger charge is 2.16. The molecule has 2 N–H and O–H groups in total. The van der Waals surface area contributed by atoms with Crippen LogP contribution >= 0.6 is 11.3 Å². The van der Waals surface area contributed by atoms with E-state index in [1.165, 1.54) is 29.8 Å². The van der Waals surface area contributed by atoms with E-state index in [9.17, 15) is 13.2 Å². The van der Waals surface area contributed by atoms with E-state index in [-0.39, 0.29) is 22.5 Å². The molecular formula is C15H15N5O3S2. The predicted molar refractivity (Wildman–Crippen MR) is 92.9 cm³/mol. The SMILES string of the molecule is C[C@@H](NC(=O)c1csc(-c2ncn[nH]2)n1)c1ccc(S(C)(=O)=O)cc1. The van der Waals surface area contributed by atoms with Crippen molar-refractivity contribution < 1.29 is 13.2 Å². The summed E-state index contributed by atoms with van der Waals surface area (Å²) in [6, 6.07) is 6.12. The molecule has 0 spiro atoms. The minimum absolute atomic E-state index is 0.242. The minimum atomic E-state index is -3.24. The highest BCUT2D eigenvalue weighted by molar-refractivity contribution is 7.90. The summed E-state index contributed by atoms with van der Waals surface area (Å²) in [6.45, 7) is 1.82. The summed E-state index contributed by atoms with van der Waals surface area (Å²) in [6.07, 6.45) is 2.53. The second kappa shape index (κ2) is 6.73. The van der Waals surface area contributed by atoms with Crippen LogP contribution in [0.3, 0.4) is 0 Å². The fraction of sp³-hybridized carbons (Fsp3) is 0.200. The summed E-state index contributed by atoms with van der Waals surface area (Å²) in [5, 5.41) is 11.5. The van der Waals surface area contributed by atoms with Crippen molar-refractivity contribution >= 4 is 27.1 Å². The molecule has 1 amide bonds. The lowest BCUT2D eigenvalue weighted by Gasteiger charge is -2.13. The van der Waals surface area contributed by atoms with Crippen molar-refractivity contribution in [2.24, 2.45) is 0 Å². The van der Waals surface area contributed by atoms with Crippen molar-refractivity contribution in [2.45, 2.75) is 17.9 Å². The Morgan fingerprint density at radius 1 is 1.28 bits per heavy atom. The van der Waals surface area contributed by atoms with Gasteiger partial charge in [0.15, 0.2) is 20.7 Å². The molecule has 1 atom stereocenters. The number of carbonyl (C=O) groups excluding carboxylic acids is 1. The van der Waals surface area contributed by atoms with Crippen molar-refractivity contribution in [1.29, 1.82) is 0 Å². The zero-order valence-corrected chi connectivity index (χ0v) is 15.1. The Labute approximate surface area is 148 Å². The first-order valence-corrected chi connectivity index (χ1v) is 10.0. The number of hydrogen-bond acceptors (Lipinski definition) is 7. The van der Waals surface area contributed by atoms with Gasteiger partial charge in [-0.2, -0.15) is 5.10 Å². The molecular weight excluding hydrogens is 362 g/mol. The molecule has 2 heterocycles. The molecule has 0 saturated heterocycles. The van der Waals surface area contributed by atoms with Crippen LogP contribution in [0.1, 0.15) is 29.0 Å². The van der Waals surface area contributed by atoms with Gasteiger partial charge in [0.1, 0.15) is 12.0 Å². The van der Waals surface area contributed by atoms with E-state index >= 15 is 0 Å². The molecule has 0 fully saturated rings. The van der Waals surface area contributed by atoms with Crippen LogP contribution in [0.25, 0.3) is 10.8 Å². The third kappa shape index (κ3) is 3.91. The summed E-state index contributed by atoms with van der Waals surface area (Å²) in [5.74, 6) is 0.190. The molecule has 1 aromatic carbocycles. The molecule has 0 bridgehead atoms. The standard InChI is InChI=1S/C15H15N5O3S2/c1-9(10-3-5-11(6-4-10)25(2,22)23)18-14(21)12-7-24-15(19-12)13-16-8-17-20-13/h3-9H,1-2H3,(H,18,21)(H,16,17,20)/t9-/m1/s1. The monoisotopic (exact) mass is 377 g/mol. The number of thiazole rings is 1. The highest BCUT2D eigenvalue weighted by Crippen LogP contribution is 2.21. The Balaban J connectivity index is 1.70. The Bertz CT molecular complexity index is 979. The third-order valence-corrected chi connectivity index (χ3v) is 5.49. The number of hydrogen-bond donors (Lipinski definition) is 2. The van der Waals surface area contributed by atoms with Crippen LogP contribution in [-0.4, -0.2) is 40.7 Å². The maximum atomic E-state index is 12.3. The van der Waals surface area contributed by atoms with E-state index in [2.05, 4.69) is 25.5 Å². The molecule has 10 heteroatoms. The lowest BCUT2D eigenvalue weighted by Crippen LogP contribution is -2.26. The Morgan fingerprint density at radius 2 is 2.00 bits per heavy atom. The first-order chi connectivity index (χ1) is 11.8. The maximum Gasteiger partial charge on any atom is 0.271 e. The fourth-order valence-corrected chi connectivity index (χ4v) is 3.53. The van der Waals surface area contributed by atoms with Crippen molar-refractivity contribution in [2.75, 3.05) is 6.26 Å². The zero-order valence-electron chi connectivity index (χ0n) is 13.4. The number of benzene rings is 1. The number of amides is 1. The average Bonchev–Trinajstić information content (AvgIpc) is 3.25. The number of aromatic nitrogens is 4. The summed E-state index contributed by atoms with van der Waals surface area (Å²) < 4.78 is 23.0. The molecule has 0 aliphatic rings. The quantitative estimate of drug-likeness (QED) is 0.700. The summed E-state index contributed by atoms with van der Waals surface area (Å²) in [5.41, 5.74) is 1.09. The van der Waals surface area contributed by atoms with E-state index in [4.69, 9.17) is 0 Å². The van der Waals surface area contributed by atoms with Crippen LogP contribution in [0.15, 0.2) is 40.9 Å². The van der Waals surface area contributed by atoms with Gasteiger partial charge < -0.3 is 5.32 Å². The minimum Gasteiger partial charge on any atom is -0.344 e. The van der Waals surface area contributed by atoms with E-state index < -0.39 is 9.84 Å². The number of rotatable bonds is 5. The molecule has 130 valence electrons. The normalized spacial score (nSPS) is 12.7. The van der Waals surface area contributed by atoms with Gasteiger partial charge in [-0.15, -0.1) is 11.3 Å². The van der Waals surface area contributed by atoms with E-state index in [1.807, 2.05) is 6.92 Å². The number of H-pyrrole nitrogens is 1. The smallest absolute Gasteiger partial charge is 0.271 e. The topological polar surface area (TPSA) is 118 Å². The molecule has 0 aliphatic carbocycles. The van der Waals surface area contributed by atoms with Crippen LogP contribution in [-0.2, 0) is 9.84 Å². The summed E-state index contributed by atoms with van der Waals surface area (Å²) in [4.78, 5) is 20.8. The number of sulfone groups is 1. The third-order valence-electron chi connectivity index (χ3n) is 3.51. The molecule has 3 rings (SSSR count). The summed E-state index contributed by atoms with van der Waals surface area (Å²) >= 11 is 1.29. The van der Waals surface area contributed by atoms with Crippen molar-refractivity contribution in [1.82, 2.24) is 25.5 Å². The number of carbonyl (C=O) groups is 1. The van der Waals surface area contributed by atoms with Crippen LogP contribution in [0, 0.1) is 0 Å². The second-order valence-corrected chi connectivity index (χ2v) is 8.28. The van der Waals surface area contributed by atoms with E-state index in [0.29, 0.717) is 10.8 Å². The van der Waals surface area contributed by atoms with Gasteiger partial charge in [-0.3, -0.25) is 9.89 Å². The van der Waals surface area contributed by atoms with Gasteiger partial charge in [-0.25, -0.2) is 18.4 Å². The maximum absolute atomic E-state index is 12.3. The molecule has 2 aromatic heterocycles. The van der Waals surface area contributed by atoms with E-state index in [0.717, 1.165) is 11.8 Å². The zero-order chi connectivity index (χ0) is 18.0. The number of nitrogens with one attached hydrogen (secondary N) is 2. The molecule has 0 saturated carbocycles. The Morgan fingerprint density at radius 3 is 2.60 bits per heavy atom. The van der Waals surface area contributed by atoms with Gasteiger partial charge in [0.05, 0.1) is 10.9 Å². The molecule has 0 radical (unpaired) electrons. The van der Waals surface area contributed by atoms with Gasteiger partial charge in [-0.05, 0) is 24.6 Å². The number of nitrogens with zero attached hydrogens (tertiary/aromatic N) is 3. The molecule has 0 aliphatic heterocycles. The second-order valence-electron chi connectivity index (χ2n) is 5.41. The van der Waals surface area contributed by atoms with Crippen LogP contribution in [0.2, 0.25) is 0 Å². The number of aromatic amines is 1. The van der Waals surface area contributed by atoms with Gasteiger partial charge in [-0.1, -0.05) is 12.1 Å². The molecule has 8 nitrogen and oxygen atoms in total. The molecule has 25 heavy (non-hydrogen) atoms. The van der Waals surface area contributed by atoms with Gasteiger partial charge in [0.25, 0.3) is 5.91 Å². The van der Waals surface area contributed by atoms with Crippen LogP contribution in [0.4, 0.5) is 0 Å². The van der Waals surface area contributed by atoms with Gasteiger partial charge in [0.2, 0.25) is 0 Å². The summed E-state index contributed by atoms with van der Waals surface area (Å²) in [7, 11) is -3.24. The fourth-order valence-electron chi connectivity index (χ4n) is 2.15. The first kappa shape index (κ1) is 17.2. The lowest BCUT2D eigenvalue weighted by atomic mass is 10.1. The predicted octanol–water partition coefficient (Wildman–Crippen LogP) is 1.82. The largest absolute Gasteiger partial charge is 0.344 e. The van der Waals surface area contributed by atoms with Crippen molar-refractivity contribution in [3.63, 3.8) is 0 Å². The lowest BCUT2D eigenvalue weighted by molar-refractivity contribution is 0.0935. The Kier molecular flexibility index (Phi) is 4.64. The first-order valence-electron chi connectivity index (χ1n) is 7.27. The van der Waals surface area contributed by atoms with Crippen LogP contribution < -0.4 is 5.32 Å². The Hall–Kier alpha value is -2.59. The van der Waals surface area contributed by atoms with Gasteiger partial charge >= 0.3 is 0 Å². The highest BCUT2D eigenvalue weighted by atomic mass is 32.2.